The number of aromatic nitrogens is 1. The van der Waals surface area contributed by atoms with Crippen LogP contribution in [0.5, 0.6) is 0 Å². The number of hydrogen-bond acceptors (Lipinski definition) is 5. The minimum Gasteiger partial charge on any atom is -0.350 e. The van der Waals surface area contributed by atoms with Crippen LogP contribution in [0.15, 0.2) is 18.3 Å². The largest absolute Gasteiger partial charge is 0.350 e. The molecule has 0 radical (unpaired) electrons. The molecule has 0 aliphatic carbocycles. The number of anilines is 1. The third-order valence-corrected chi connectivity index (χ3v) is 3.26. The molecule has 6 nitrogen and oxygen atoms in total. The first kappa shape index (κ1) is 12.5. The summed E-state index contributed by atoms with van der Waals surface area (Å²) in [6.45, 7) is 2.80. The second kappa shape index (κ2) is 5.12. The van der Waals surface area contributed by atoms with Gasteiger partial charge in [0.1, 0.15) is 5.78 Å². The van der Waals surface area contributed by atoms with Gasteiger partial charge < -0.3 is 4.90 Å². The molecule has 1 aliphatic heterocycles. The Kier molecular flexibility index (Phi) is 3.55. The number of Topliss-reactive ketones (excluding diaryl/α,β-unsaturated/α-hetero) is 1. The van der Waals surface area contributed by atoms with Gasteiger partial charge in [-0.1, -0.05) is 0 Å². The number of pyridine rings is 1. The molecule has 1 aromatic rings. The van der Waals surface area contributed by atoms with Gasteiger partial charge in [-0.3, -0.25) is 14.9 Å². The summed E-state index contributed by atoms with van der Waals surface area (Å²) in [5.41, 5.74) is 0.00158. The molecule has 1 fully saturated rings. The molecular formula is C12H15N3O3. The van der Waals surface area contributed by atoms with E-state index in [0.29, 0.717) is 18.9 Å². The van der Waals surface area contributed by atoms with Gasteiger partial charge in [0.15, 0.2) is 0 Å². The molecule has 1 aliphatic rings. The Morgan fingerprint density at radius 1 is 1.61 bits per heavy atom. The van der Waals surface area contributed by atoms with E-state index >= 15 is 0 Å². The normalized spacial score (nSPS) is 19.6. The van der Waals surface area contributed by atoms with Crippen LogP contribution < -0.4 is 4.90 Å². The highest BCUT2D eigenvalue weighted by Crippen LogP contribution is 2.29. The second-order valence-electron chi connectivity index (χ2n) is 4.50. The Bertz CT molecular complexity index is 475. The number of ketones is 1. The van der Waals surface area contributed by atoms with Crippen LogP contribution in [0.2, 0.25) is 0 Å². The molecular weight excluding hydrogens is 234 g/mol. The van der Waals surface area contributed by atoms with Crippen LogP contribution in [0.4, 0.5) is 11.5 Å². The van der Waals surface area contributed by atoms with Gasteiger partial charge in [0.25, 0.3) is 0 Å². The van der Waals surface area contributed by atoms with Crippen LogP contribution in [0, 0.1) is 16.0 Å². The SMILES string of the molecule is CC(=O)C1CCCN(c2ncccc2[N+](=O)[O-])C1. The molecule has 0 N–H and O–H groups in total. The molecule has 18 heavy (non-hydrogen) atoms. The van der Waals surface area contributed by atoms with E-state index in [9.17, 15) is 14.9 Å². The van der Waals surface area contributed by atoms with Crippen molar-refractivity contribution in [3.05, 3.63) is 28.4 Å². The highest BCUT2D eigenvalue weighted by atomic mass is 16.6. The van der Waals surface area contributed by atoms with Gasteiger partial charge in [0.05, 0.1) is 4.92 Å². The standard InChI is InChI=1S/C12H15N3O3/c1-9(16)10-4-3-7-14(8-10)12-11(15(17)18)5-2-6-13-12/h2,5-6,10H,3-4,7-8H2,1H3. The number of nitrogens with zero attached hydrogens (tertiary/aromatic N) is 3. The van der Waals surface area contributed by atoms with E-state index in [0.717, 1.165) is 12.8 Å². The van der Waals surface area contributed by atoms with Gasteiger partial charge in [-0.25, -0.2) is 4.98 Å². The van der Waals surface area contributed by atoms with Crippen LogP contribution in [-0.2, 0) is 4.79 Å². The van der Waals surface area contributed by atoms with Crippen LogP contribution in [0.3, 0.4) is 0 Å². The summed E-state index contributed by atoms with van der Waals surface area (Å²) < 4.78 is 0. The fourth-order valence-electron chi connectivity index (χ4n) is 2.28. The maximum Gasteiger partial charge on any atom is 0.311 e. The van der Waals surface area contributed by atoms with E-state index in [-0.39, 0.29) is 17.4 Å². The van der Waals surface area contributed by atoms with E-state index in [1.54, 1.807) is 19.2 Å². The molecule has 0 bridgehead atoms. The predicted molar refractivity (Wildman–Crippen MR) is 66.5 cm³/mol. The van der Waals surface area contributed by atoms with Crippen molar-refractivity contribution in [2.24, 2.45) is 5.92 Å². The monoisotopic (exact) mass is 249 g/mol. The van der Waals surface area contributed by atoms with E-state index in [1.165, 1.54) is 6.07 Å². The zero-order valence-electron chi connectivity index (χ0n) is 10.2. The number of piperidine rings is 1. The lowest BCUT2D eigenvalue weighted by molar-refractivity contribution is -0.384. The van der Waals surface area contributed by atoms with Crippen molar-refractivity contribution in [3.63, 3.8) is 0 Å². The quantitative estimate of drug-likeness (QED) is 0.603. The number of carbonyl (C=O) groups is 1. The molecule has 0 amide bonds. The van der Waals surface area contributed by atoms with Gasteiger partial charge in [-0.15, -0.1) is 0 Å². The highest BCUT2D eigenvalue weighted by molar-refractivity contribution is 5.79. The molecule has 1 aromatic heterocycles. The van der Waals surface area contributed by atoms with Gasteiger partial charge in [-0.2, -0.15) is 0 Å². The lowest BCUT2D eigenvalue weighted by Gasteiger charge is -2.31. The van der Waals surface area contributed by atoms with E-state index < -0.39 is 4.92 Å². The van der Waals surface area contributed by atoms with Crippen molar-refractivity contribution in [1.82, 2.24) is 4.98 Å². The van der Waals surface area contributed by atoms with Crippen molar-refractivity contribution in [3.8, 4) is 0 Å². The number of nitro groups is 1. The Morgan fingerprint density at radius 2 is 2.39 bits per heavy atom. The number of rotatable bonds is 3. The third-order valence-electron chi connectivity index (χ3n) is 3.26. The fourth-order valence-corrected chi connectivity index (χ4v) is 2.28. The van der Waals surface area contributed by atoms with Crippen molar-refractivity contribution in [1.29, 1.82) is 0 Å². The topological polar surface area (TPSA) is 76.3 Å². The first-order valence-electron chi connectivity index (χ1n) is 5.94. The molecule has 0 spiro atoms. The van der Waals surface area contributed by atoms with E-state index in [4.69, 9.17) is 0 Å². The second-order valence-corrected chi connectivity index (χ2v) is 4.50. The summed E-state index contributed by atoms with van der Waals surface area (Å²) in [6, 6.07) is 2.99. The minimum atomic E-state index is -0.431. The third kappa shape index (κ3) is 2.47. The molecule has 96 valence electrons. The first-order valence-corrected chi connectivity index (χ1v) is 5.94. The average Bonchev–Trinajstić information content (AvgIpc) is 2.39. The summed E-state index contributed by atoms with van der Waals surface area (Å²) in [4.78, 5) is 27.9. The minimum absolute atomic E-state index is 0.00158. The van der Waals surface area contributed by atoms with Crippen molar-refractivity contribution < 1.29 is 9.72 Å². The maximum absolute atomic E-state index is 11.4. The van der Waals surface area contributed by atoms with Crippen molar-refractivity contribution in [2.75, 3.05) is 18.0 Å². The van der Waals surface area contributed by atoms with Gasteiger partial charge in [-0.05, 0) is 25.8 Å². The van der Waals surface area contributed by atoms with E-state index in [2.05, 4.69) is 4.98 Å². The molecule has 0 saturated carbocycles. The molecule has 2 heterocycles. The van der Waals surface area contributed by atoms with Crippen LogP contribution >= 0.6 is 0 Å². The Morgan fingerprint density at radius 3 is 3.06 bits per heavy atom. The lowest BCUT2D eigenvalue weighted by atomic mass is 9.94. The summed E-state index contributed by atoms with van der Waals surface area (Å²) in [5.74, 6) is 0.465. The average molecular weight is 249 g/mol. The summed E-state index contributed by atoms with van der Waals surface area (Å²) in [7, 11) is 0. The summed E-state index contributed by atoms with van der Waals surface area (Å²) in [5, 5.41) is 11.0. The van der Waals surface area contributed by atoms with Crippen LogP contribution in [-0.4, -0.2) is 28.8 Å². The zero-order chi connectivity index (χ0) is 13.1. The molecule has 2 rings (SSSR count). The maximum atomic E-state index is 11.4. The Labute approximate surface area is 105 Å². The Hall–Kier alpha value is -1.98. The first-order chi connectivity index (χ1) is 8.59. The van der Waals surface area contributed by atoms with Gasteiger partial charge in [0, 0.05) is 31.3 Å². The van der Waals surface area contributed by atoms with Gasteiger partial charge in [0.2, 0.25) is 5.82 Å². The molecule has 1 unspecified atom stereocenters. The van der Waals surface area contributed by atoms with Gasteiger partial charge >= 0.3 is 5.69 Å². The summed E-state index contributed by atoms with van der Waals surface area (Å²) in [6.07, 6.45) is 3.25. The number of hydrogen-bond donors (Lipinski definition) is 0. The molecule has 0 aromatic carbocycles. The van der Waals surface area contributed by atoms with Crippen LogP contribution in [0.25, 0.3) is 0 Å². The fraction of sp³-hybridized carbons (Fsp3) is 0.500. The number of carbonyl (C=O) groups excluding carboxylic acids is 1. The smallest absolute Gasteiger partial charge is 0.311 e. The Balaban J connectivity index is 2.26. The lowest BCUT2D eigenvalue weighted by Crippen LogP contribution is -2.38. The molecule has 6 heteroatoms. The predicted octanol–water partition coefficient (Wildman–Crippen LogP) is 1.80. The van der Waals surface area contributed by atoms with E-state index in [1.807, 2.05) is 4.90 Å². The summed E-state index contributed by atoms with van der Waals surface area (Å²) >= 11 is 0. The highest BCUT2D eigenvalue weighted by Gasteiger charge is 2.28. The van der Waals surface area contributed by atoms with Crippen LogP contribution in [0.1, 0.15) is 19.8 Å². The van der Waals surface area contributed by atoms with Crippen molar-refractivity contribution >= 4 is 17.3 Å². The zero-order valence-corrected chi connectivity index (χ0v) is 10.2. The molecule has 1 atom stereocenters. The molecule has 1 saturated heterocycles. The van der Waals surface area contributed by atoms with Crippen molar-refractivity contribution in [2.45, 2.75) is 19.8 Å².